The first-order valence-electron chi connectivity index (χ1n) is 11.2. The molecular formula is C25H24ClF2N3O5. The molecule has 190 valence electrons. The lowest BCUT2D eigenvalue weighted by Crippen LogP contribution is -2.42. The van der Waals surface area contributed by atoms with Crippen molar-refractivity contribution in [3.8, 4) is 0 Å². The molecule has 8 nitrogen and oxygen atoms in total. The standard InChI is InChI=1S/C25H24ClF2N3O5/c1-14(33)19-11-30(21-7-15(13-32)5-6-18(19)21)12-22(34)31-10-17(27)8-23(31)36-25(35)29-9-16-3-2-4-20(26)24(16)28/h2-7,11,17,23,32H,8-10,12-13H2,1H3,(H,29,35)/t17-,23+/m1/s1. The fourth-order valence-electron chi connectivity index (χ4n) is 4.23. The second-order valence-electron chi connectivity index (χ2n) is 8.54. The van der Waals surface area contributed by atoms with Gasteiger partial charge in [-0.1, -0.05) is 35.9 Å². The summed E-state index contributed by atoms with van der Waals surface area (Å²) >= 11 is 5.74. The molecule has 0 radical (unpaired) electrons. The largest absolute Gasteiger partial charge is 0.425 e. The molecule has 0 aliphatic carbocycles. The lowest BCUT2D eigenvalue weighted by atomic mass is 10.1. The van der Waals surface area contributed by atoms with Gasteiger partial charge in [0, 0.05) is 41.2 Å². The number of fused-ring (bicyclic) bond motifs is 1. The third-order valence-electron chi connectivity index (χ3n) is 6.03. The summed E-state index contributed by atoms with van der Waals surface area (Å²) in [7, 11) is 0. The molecule has 2 amide bonds. The zero-order valence-electron chi connectivity index (χ0n) is 19.3. The quantitative estimate of drug-likeness (QED) is 0.460. The summed E-state index contributed by atoms with van der Waals surface area (Å²) in [5.74, 6) is -1.38. The normalized spacial score (nSPS) is 17.4. The van der Waals surface area contributed by atoms with E-state index in [-0.39, 0.29) is 49.0 Å². The Labute approximate surface area is 210 Å². The average molecular weight is 520 g/mol. The van der Waals surface area contributed by atoms with Crippen molar-refractivity contribution >= 4 is 40.3 Å². The fourth-order valence-corrected chi connectivity index (χ4v) is 4.42. The minimum atomic E-state index is -1.40. The summed E-state index contributed by atoms with van der Waals surface area (Å²) in [5, 5.41) is 12.4. The molecule has 36 heavy (non-hydrogen) atoms. The van der Waals surface area contributed by atoms with Gasteiger partial charge in [0.1, 0.15) is 18.5 Å². The van der Waals surface area contributed by atoms with Crippen molar-refractivity contribution in [3.63, 3.8) is 0 Å². The van der Waals surface area contributed by atoms with Crippen LogP contribution >= 0.6 is 11.6 Å². The van der Waals surface area contributed by atoms with Gasteiger partial charge in [0.25, 0.3) is 0 Å². The lowest BCUT2D eigenvalue weighted by molar-refractivity contribution is -0.138. The molecule has 1 aliphatic heterocycles. The topological polar surface area (TPSA) is 101 Å². The third-order valence-corrected chi connectivity index (χ3v) is 6.32. The maximum Gasteiger partial charge on any atom is 0.409 e. The number of ketones is 1. The van der Waals surface area contributed by atoms with E-state index in [1.54, 1.807) is 22.8 Å². The van der Waals surface area contributed by atoms with Crippen LogP contribution in [0.3, 0.4) is 0 Å². The van der Waals surface area contributed by atoms with E-state index in [2.05, 4.69) is 5.32 Å². The summed E-state index contributed by atoms with van der Waals surface area (Å²) in [6, 6.07) is 9.42. The Hall–Kier alpha value is -3.50. The molecule has 1 aromatic heterocycles. The van der Waals surface area contributed by atoms with Crippen molar-refractivity contribution in [2.45, 2.75) is 45.4 Å². The van der Waals surface area contributed by atoms with Crippen LogP contribution in [-0.4, -0.2) is 51.3 Å². The Bertz CT molecular complexity index is 1330. The number of hydrogen-bond acceptors (Lipinski definition) is 5. The molecule has 0 spiro atoms. The fraction of sp³-hybridized carbons (Fsp3) is 0.320. The molecule has 2 atom stereocenters. The van der Waals surface area contributed by atoms with E-state index in [1.165, 1.54) is 31.3 Å². The van der Waals surface area contributed by atoms with E-state index in [9.17, 15) is 28.3 Å². The number of alkyl halides is 1. The SMILES string of the molecule is CC(=O)c1cn(CC(=O)N2C[C@H](F)C[C@@H]2OC(=O)NCc2cccc(Cl)c2F)c2cc(CO)ccc12. The highest BCUT2D eigenvalue weighted by molar-refractivity contribution is 6.30. The maximum absolute atomic E-state index is 14.2. The molecule has 4 rings (SSSR count). The maximum atomic E-state index is 14.2. The van der Waals surface area contributed by atoms with E-state index < -0.39 is 30.2 Å². The summed E-state index contributed by atoms with van der Waals surface area (Å²) in [4.78, 5) is 38.6. The molecule has 0 unspecified atom stereocenters. The predicted octanol–water partition coefficient (Wildman–Crippen LogP) is 3.95. The first-order chi connectivity index (χ1) is 17.2. The van der Waals surface area contributed by atoms with Gasteiger partial charge in [-0.25, -0.2) is 13.6 Å². The van der Waals surface area contributed by atoms with E-state index in [1.807, 2.05) is 0 Å². The Morgan fingerprint density at radius 2 is 2.03 bits per heavy atom. The average Bonchev–Trinajstić information content (AvgIpc) is 3.39. The van der Waals surface area contributed by atoms with E-state index in [4.69, 9.17) is 16.3 Å². The van der Waals surface area contributed by atoms with Crippen molar-refractivity contribution in [1.29, 1.82) is 0 Å². The van der Waals surface area contributed by atoms with Crippen LogP contribution in [0.2, 0.25) is 5.02 Å². The van der Waals surface area contributed by atoms with Gasteiger partial charge in [-0.05, 0) is 24.6 Å². The Morgan fingerprint density at radius 1 is 1.25 bits per heavy atom. The van der Waals surface area contributed by atoms with Crippen molar-refractivity contribution in [2.75, 3.05) is 6.54 Å². The second kappa shape index (κ2) is 10.6. The van der Waals surface area contributed by atoms with Gasteiger partial charge < -0.3 is 24.6 Å². The van der Waals surface area contributed by atoms with Crippen molar-refractivity contribution < 1.29 is 33.0 Å². The van der Waals surface area contributed by atoms with Gasteiger partial charge in [-0.3, -0.25) is 9.59 Å². The molecule has 11 heteroatoms. The number of carbonyl (C=O) groups excluding carboxylic acids is 3. The van der Waals surface area contributed by atoms with Crippen LogP contribution in [0.1, 0.15) is 34.8 Å². The number of likely N-dealkylation sites (tertiary alicyclic amines) is 1. The summed E-state index contributed by atoms with van der Waals surface area (Å²) < 4.78 is 35.1. The number of aromatic nitrogens is 1. The monoisotopic (exact) mass is 519 g/mol. The predicted molar refractivity (Wildman–Crippen MR) is 128 cm³/mol. The molecular weight excluding hydrogens is 496 g/mol. The van der Waals surface area contributed by atoms with E-state index in [0.29, 0.717) is 22.0 Å². The van der Waals surface area contributed by atoms with Crippen LogP contribution in [0, 0.1) is 5.82 Å². The minimum Gasteiger partial charge on any atom is -0.425 e. The number of aliphatic hydroxyl groups excluding tert-OH is 1. The van der Waals surface area contributed by atoms with Gasteiger partial charge in [-0.2, -0.15) is 0 Å². The highest BCUT2D eigenvalue weighted by atomic mass is 35.5. The van der Waals surface area contributed by atoms with Crippen molar-refractivity contribution in [1.82, 2.24) is 14.8 Å². The molecule has 1 fully saturated rings. The number of rotatable bonds is 7. The molecule has 2 N–H and O–H groups in total. The number of benzene rings is 2. The number of hydrogen-bond donors (Lipinski definition) is 2. The Morgan fingerprint density at radius 3 is 2.75 bits per heavy atom. The highest BCUT2D eigenvalue weighted by Gasteiger charge is 2.38. The smallest absolute Gasteiger partial charge is 0.409 e. The zero-order valence-corrected chi connectivity index (χ0v) is 20.1. The minimum absolute atomic E-state index is 0.0907. The van der Waals surface area contributed by atoms with E-state index >= 15 is 0 Å². The van der Waals surface area contributed by atoms with Gasteiger partial charge in [0.2, 0.25) is 5.91 Å². The van der Waals surface area contributed by atoms with Gasteiger partial charge in [0.15, 0.2) is 12.0 Å². The number of nitrogens with zero attached hydrogens (tertiary/aromatic N) is 2. The molecule has 1 saturated heterocycles. The number of halogens is 3. The number of amides is 2. The van der Waals surface area contributed by atoms with Crippen molar-refractivity contribution in [2.24, 2.45) is 0 Å². The molecule has 1 aliphatic rings. The van der Waals surface area contributed by atoms with Crippen LogP contribution in [0.25, 0.3) is 10.9 Å². The number of ether oxygens (including phenoxy) is 1. The van der Waals surface area contributed by atoms with Crippen LogP contribution in [0.15, 0.2) is 42.6 Å². The number of alkyl carbamates (subject to hydrolysis) is 1. The lowest BCUT2D eigenvalue weighted by Gasteiger charge is -2.24. The molecule has 2 heterocycles. The summed E-state index contributed by atoms with van der Waals surface area (Å²) in [6.45, 7) is 0.485. The molecule has 3 aromatic rings. The zero-order chi connectivity index (χ0) is 26.0. The van der Waals surface area contributed by atoms with E-state index in [0.717, 1.165) is 4.90 Å². The summed E-state index contributed by atoms with van der Waals surface area (Å²) in [5.41, 5.74) is 1.72. The molecule has 0 bridgehead atoms. The number of aliphatic hydroxyl groups is 1. The first-order valence-corrected chi connectivity index (χ1v) is 11.6. The highest BCUT2D eigenvalue weighted by Crippen LogP contribution is 2.26. The number of carbonyl (C=O) groups is 3. The third kappa shape index (κ3) is 5.34. The van der Waals surface area contributed by atoms with Gasteiger partial charge in [-0.15, -0.1) is 0 Å². The summed E-state index contributed by atoms with van der Waals surface area (Å²) in [6.07, 6.45) is -2.16. The van der Waals surface area contributed by atoms with Gasteiger partial charge in [0.05, 0.1) is 18.2 Å². The van der Waals surface area contributed by atoms with Crippen LogP contribution in [-0.2, 0) is 29.2 Å². The van der Waals surface area contributed by atoms with Crippen LogP contribution in [0.5, 0.6) is 0 Å². The first kappa shape index (κ1) is 25.6. The molecule has 0 saturated carbocycles. The Balaban J connectivity index is 1.47. The Kier molecular flexibility index (Phi) is 7.56. The van der Waals surface area contributed by atoms with Gasteiger partial charge >= 0.3 is 6.09 Å². The van der Waals surface area contributed by atoms with Crippen LogP contribution < -0.4 is 5.32 Å². The number of Topliss-reactive ketones (excluding diaryl/α,β-unsaturated/α-hetero) is 1. The number of nitrogens with one attached hydrogen (secondary N) is 1. The van der Waals surface area contributed by atoms with Crippen LogP contribution in [0.4, 0.5) is 13.6 Å². The molecule has 2 aromatic carbocycles. The van der Waals surface area contributed by atoms with Crippen molar-refractivity contribution in [3.05, 3.63) is 70.1 Å². The second-order valence-corrected chi connectivity index (χ2v) is 8.95.